The third-order valence-corrected chi connectivity index (χ3v) is 11.5. The fourth-order valence-electron chi connectivity index (χ4n) is 7.16. The topological polar surface area (TPSA) is 169 Å². The molecule has 12 nitrogen and oxygen atoms in total. The van der Waals surface area contributed by atoms with Crippen LogP contribution in [-0.4, -0.2) is 52.1 Å². The minimum atomic E-state index is -4.25. The van der Waals surface area contributed by atoms with E-state index in [0.29, 0.717) is 29.9 Å². The highest BCUT2D eigenvalue weighted by Gasteiger charge is 2.35. The number of anilines is 1. The molecule has 1 aliphatic heterocycles. The molecule has 0 bridgehead atoms. The SMILES string of the molecule is Cc1cccc(C)c1-c1cc(OC[C@@H]2N[C@H](c3cnc4oc(C(C)(C)C)cc4n3)CCC[C@H]2CC2CC2)nc(NS(=O)(=O)c2cccc(C(=O)O)c2)n1. The lowest BCUT2D eigenvalue weighted by atomic mass is 9.90. The lowest BCUT2D eigenvalue weighted by Crippen LogP contribution is -2.42. The number of ether oxygens (including phenoxy) is 1. The van der Waals surface area contributed by atoms with Gasteiger partial charge in [0.25, 0.3) is 10.0 Å². The van der Waals surface area contributed by atoms with Gasteiger partial charge in [-0.25, -0.2) is 32.9 Å². The maximum Gasteiger partial charge on any atom is 0.335 e. The number of sulfonamides is 1. The molecular formula is C40H46N6O6S. The second-order valence-corrected chi connectivity index (χ2v) is 17.2. The lowest BCUT2D eigenvalue weighted by molar-refractivity contribution is 0.0696. The Bertz CT molecular complexity index is 2240. The summed E-state index contributed by atoms with van der Waals surface area (Å²) >= 11 is 0. The quantitative estimate of drug-likeness (QED) is 0.121. The van der Waals surface area contributed by atoms with Crippen LogP contribution in [0, 0.1) is 25.7 Å². The van der Waals surface area contributed by atoms with Crippen molar-refractivity contribution in [1.82, 2.24) is 25.3 Å². The molecule has 3 aromatic heterocycles. The maximum absolute atomic E-state index is 13.5. The first-order chi connectivity index (χ1) is 25.2. The number of nitrogens with one attached hydrogen (secondary N) is 2. The Morgan fingerprint density at radius 2 is 1.75 bits per heavy atom. The monoisotopic (exact) mass is 738 g/mol. The van der Waals surface area contributed by atoms with Crippen molar-refractivity contribution in [3.8, 4) is 17.1 Å². The van der Waals surface area contributed by atoms with Crippen molar-refractivity contribution in [2.75, 3.05) is 11.3 Å². The number of furan rings is 1. The van der Waals surface area contributed by atoms with Gasteiger partial charge in [0.05, 0.1) is 34.1 Å². The zero-order valence-electron chi connectivity index (χ0n) is 30.7. The van der Waals surface area contributed by atoms with Crippen LogP contribution in [-0.2, 0) is 15.4 Å². The number of aromatic carboxylic acids is 1. The lowest BCUT2D eigenvalue weighted by Gasteiger charge is -2.28. The normalized spacial score (nSPS) is 19.5. The van der Waals surface area contributed by atoms with E-state index in [1.165, 1.54) is 31.0 Å². The van der Waals surface area contributed by atoms with E-state index in [1.807, 2.05) is 38.1 Å². The Labute approximate surface area is 309 Å². The van der Waals surface area contributed by atoms with Crippen molar-refractivity contribution in [2.45, 2.75) is 95.5 Å². The number of hydrogen-bond donors (Lipinski definition) is 3. The third-order valence-electron chi connectivity index (χ3n) is 10.2. The van der Waals surface area contributed by atoms with Crippen LogP contribution >= 0.6 is 0 Å². The summed E-state index contributed by atoms with van der Waals surface area (Å²) in [4.78, 5) is 30.1. The highest BCUT2D eigenvalue weighted by molar-refractivity contribution is 7.92. The van der Waals surface area contributed by atoms with Crippen LogP contribution in [0.15, 0.2) is 70.1 Å². The Hall–Kier alpha value is -4.88. The van der Waals surface area contributed by atoms with Gasteiger partial charge in [0.15, 0.2) is 0 Å². The summed E-state index contributed by atoms with van der Waals surface area (Å²) in [6.45, 7) is 10.5. The van der Waals surface area contributed by atoms with Gasteiger partial charge in [0.1, 0.15) is 17.9 Å². The van der Waals surface area contributed by atoms with Crippen molar-refractivity contribution in [3.63, 3.8) is 0 Å². The molecule has 3 atom stereocenters. The first-order valence-corrected chi connectivity index (χ1v) is 19.7. The van der Waals surface area contributed by atoms with Gasteiger partial charge < -0.3 is 19.6 Å². The van der Waals surface area contributed by atoms with Gasteiger partial charge in [-0.3, -0.25) is 0 Å². The highest BCUT2D eigenvalue weighted by atomic mass is 32.2. The Kier molecular flexibility index (Phi) is 9.98. The van der Waals surface area contributed by atoms with Crippen LogP contribution in [0.1, 0.15) is 98.3 Å². The molecule has 0 radical (unpaired) electrons. The molecule has 0 spiro atoms. The number of carboxylic acids is 1. The smallest absolute Gasteiger partial charge is 0.335 e. The van der Waals surface area contributed by atoms with E-state index in [4.69, 9.17) is 14.1 Å². The predicted molar refractivity (Wildman–Crippen MR) is 201 cm³/mol. The number of rotatable bonds is 11. The third kappa shape index (κ3) is 8.36. The summed E-state index contributed by atoms with van der Waals surface area (Å²) in [5.74, 6) is 0.732. The van der Waals surface area contributed by atoms with E-state index >= 15 is 0 Å². The van der Waals surface area contributed by atoms with E-state index in [0.717, 1.165) is 65.4 Å². The van der Waals surface area contributed by atoms with Crippen molar-refractivity contribution in [1.29, 1.82) is 0 Å². The van der Waals surface area contributed by atoms with Crippen LogP contribution in [0.4, 0.5) is 5.95 Å². The molecule has 278 valence electrons. The molecule has 1 saturated heterocycles. The fourth-order valence-corrected chi connectivity index (χ4v) is 8.15. The molecule has 13 heteroatoms. The standard InChI is InChI=1S/C40H46N6O6S/c1-23-9-6-10-24(2)36(23)30-20-35(45-39(44-30)46-53(49,50)28-13-7-12-27(18-28)38(47)48)51-22-33-26(17-25-15-16-25)11-8-14-29(42-33)32-21-41-37-31(43-32)19-34(52-37)40(3,4)5/h6-7,9-10,12-13,18-21,25-26,29,33,42H,8,11,14-17,22H2,1-5H3,(H,47,48)(H,44,45,46)/t26-,29-,33-/m0/s1. The highest BCUT2D eigenvalue weighted by Crippen LogP contribution is 2.40. The van der Waals surface area contributed by atoms with Gasteiger partial charge in [-0.15, -0.1) is 0 Å². The Morgan fingerprint density at radius 1 is 1.00 bits per heavy atom. The van der Waals surface area contributed by atoms with Gasteiger partial charge in [-0.2, -0.15) is 4.98 Å². The van der Waals surface area contributed by atoms with E-state index in [1.54, 1.807) is 12.3 Å². The summed E-state index contributed by atoms with van der Waals surface area (Å²) < 4.78 is 42.0. The first-order valence-electron chi connectivity index (χ1n) is 18.2. The molecule has 1 aliphatic carbocycles. The van der Waals surface area contributed by atoms with Crippen LogP contribution < -0.4 is 14.8 Å². The number of fused-ring (bicyclic) bond motifs is 1. The fraction of sp³-hybridized carbons (Fsp3) is 0.425. The number of carbonyl (C=O) groups is 1. The molecule has 53 heavy (non-hydrogen) atoms. The van der Waals surface area contributed by atoms with Crippen molar-refractivity contribution < 1.29 is 27.5 Å². The molecular weight excluding hydrogens is 693 g/mol. The Morgan fingerprint density at radius 3 is 2.47 bits per heavy atom. The van der Waals surface area contributed by atoms with Crippen molar-refractivity contribution in [2.24, 2.45) is 11.8 Å². The molecule has 5 aromatic rings. The second-order valence-electron chi connectivity index (χ2n) is 15.5. The molecule has 3 N–H and O–H groups in total. The predicted octanol–water partition coefficient (Wildman–Crippen LogP) is 7.77. The number of carboxylic acid groups (broad SMARTS) is 1. The summed E-state index contributed by atoms with van der Waals surface area (Å²) in [7, 11) is -4.25. The number of aromatic nitrogens is 4. The second kappa shape index (κ2) is 14.5. The minimum absolute atomic E-state index is 0.0346. The molecule has 2 fully saturated rings. The number of benzene rings is 2. The molecule has 4 heterocycles. The summed E-state index contributed by atoms with van der Waals surface area (Å²) in [6.07, 6.45) is 8.38. The van der Waals surface area contributed by atoms with Gasteiger partial charge in [-0.1, -0.05) is 64.3 Å². The van der Waals surface area contributed by atoms with Crippen molar-refractivity contribution >= 4 is 33.2 Å². The molecule has 0 amide bonds. The summed E-state index contributed by atoms with van der Waals surface area (Å²) in [5, 5.41) is 13.3. The van der Waals surface area contributed by atoms with Crippen molar-refractivity contribution in [3.05, 3.63) is 88.9 Å². The average molecular weight is 739 g/mol. The number of hydrogen-bond acceptors (Lipinski definition) is 10. The van der Waals surface area contributed by atoms with Crippen LogP contribution in [0.25, 0.3) is 22.5 Å². The van der Waals surface area contributed by atoms with Gasteiger partial charge in [0, 0.05) is 29.2 Å². The summed E-state index contributed by atoms with van der Waals surface area (Å²) in [5.41, 5.74) is 5.08. The number of aryl methyl sites for hydroxylation is 2. The summed E-state index contributed by atoms with van der Waals surface area (Å²) in [6, 6.07) is 14.7. The average Bonchev–Trinajstić information content (AvgIpc) is 3.86. The number of nitrogens with zero attached hydrogens (tertiary/aromatic N) is 4. The first kappa shape index (κ1) is 36.5. The largest absolute Gasteiger partial charge is 0.478 e. The van der Waals surface area contributed by atoms with E-state index in [2.05, 4.69) is 45.8 Å². The molecule has 2 aromatic carbocycles. The van der Waals surface area contributed by atoms with E-state index in [-0.39, 0.29) is 39.8 Å². The zero-order valence-corrected chi connectivity index (χ0v) is 31.5. The van der Waals surface area contributed by atoms with E-state index in [9.17, 15) is 18.3 Å². The molecule has 1 saturated carbocycles. The van der Waals surface area contributed by atoms with E-state index < -0.39 is 16.0 Å². The molecule has 7 rings (SSSR count). The van der Waals surface area contributed by atoms with Crippen LogP contribution in [0.3, 0.4) is 0 Å². The van der Waals surface area contributed by atoms with Crippen LogP contribution in [0.2, 0.25) is 0 Å². The Balaban J connectivity index is 1.19. The van der Waals surface area contributed by atoms with Gasteiger partial charge in [-0.05, 0) is 74.3 Å². The minimum Gasteiger partial charge on any atom is -0.478 e. The maximum atomic E-state index is 13.5. The zero-order chi connectivity index (χ0) is 37.5. The van der Waals surface area contributed by atoms with Crippen LogP contribution in [0.5, 0.6) is 5.88 Å². The molecule has 0 unspecified atom stereocenters. The molecule has 2 aliphatic rings. The van der Waals surface area contributed by atoms with Gasteiger partial charge in [0.2, 0.25) is 17.5 Å². The van der Waals surface area contributed by atoms with Gasteiger partial charge >= 0.3 is 5.97 Å².